The van der Waals surface area contributed by atoms with Crippen LogP contribution in [0, 0.1) is 0 Å². The first-order valence-electron chi connectivity index (χ1n) is 14.8. The van der Waals surface area contributed by atoms with Crippen molar-refractivity contribution in [2.75, 3.05) is 7.11 Å². The fourth-order valence-electron chi connectivity index (χ4n) is 2.30. The van der Waals surface area contributed by atoms with Crippen LogP contribution in [0.1, 0.15) is 94.8 Å². The van der Waals surface area contributed by atoms with Gasteiger partial charge in [0.2, 0.25) is 11.7 Å². The molecule has 10 nitrogen and oxygen atoms in total. The summed E-state index contributed by atoms with van der Waals surface area (Å²) < 4.78 is 44.7. The Morgan fingerprint density at radius 1 is 0.659 bits per heavy atom. The predicted octanol–water partition coefficient (Wildman–Crippen LogP) is 9.16. The molecule has 0 amide bonds. The molecule has 1 N–H and O–H groups in total. The number of aromatic nitrogens is 4. The molecule has 2 atom stereocenters. The molecule has 0 aliphatic carbocycles. The van der Waals surface area contributed by atoms with Gasteiger partial charge in [-0.1, -0.05) is 142 Å². The first kappa shape index (κ1) is 51.6. The van der Waals surface area contributed by atoms with E-state index in [4.69, 9.17) is 13.6 Å². The summed E-state index contributed by atoms with van der Waals surface area (Å²) in [5.74, 6) is 1.38. The first-order valence-corrected chi connectivity index (χ1v) is 17.3. The second-order valence-electron chi connectivity index (χ2n) is 5.84. The molecule has 2 unspecified atom stereocenters. The summed E-state index contributed by atoms with van der Waals surface area (Å²) in [6, 6.07) is 18.7. The zero-order chi connectivity index (χ0) is 34.1. The quantitative estimate of drug-likeness (QED) is 0.183. The summed E-state index contributed by atoms with van der Waals surface area (Å²) in [5, 5.41) is 7.39. The van der Waals surface area contributed by atoms with E-state index in [0.29, 0.717) is 17.6 Å². The van der Waals surface area contributed by atoms with Gasteiger partial charge in [0, 0.05) is 43.8 Å². The third kappa shape index (κ3) is 24.4. The molecule has 44 heavy (non-hydrogen) atoms. The van der Waals surface area contributed by atoms with Crippen LogP contribution < -0.4 is 0 Å². The van der Waals surface area contributed by atoms with Gasteiger partial charge in [-0.25, -0.2) is 8.42 Å². The van der Waals surface area contributed by atoms with E-state index < -0.39 is 22.2 Å². The summed E-state index contributed by atoms with van der Waals surface area (Å²) in [6.45, 7) is 24.0. The molecular formula is C31H54N4O6S2Y. The van der Waals surface area contributed by atoms with Crippen LogP contribution in [-0.2, 0) is 70.6 Å². The second kappa shape index (κ2) is 39.1. The molecule has 4 aromatic rings. The summed E-state index contributed by atoms with van der Waals surface area (Å²) in [6.07, 6.45) is 0. The van der Waals surface area contributed by atoms with Crippen LogP contribution in [0.2, 0.25) is 0 Å². The van der Waals surface area contributed by atoms with Gasteiger partial charge in [0.05, 0.1) is 7.11 Å². The topological polar surface area (TPSA) is 141 Å². The number of hydrogen-bond donors (Lipinski definition) is 1. The van der Waals surface area contributed by atoms with Crippen molar-refractivity contribution in [3.8, 4) is 22.8 Å². The Kier molecular flexibility index (Phi) is 45.8. The van der Waals surface area contributed by atoms with E-state index >= 15 is 0 Å². The van der Waals surface area contributed by atoms with Crippen molar-refractivity contribution in [1.29, 1.82) is 0 Å². The standard InChI is InChI=1S/C10H10N2O3S.C9H8N2O3S.6C2H6.Y/c1-14-16(13)7-9-11-10(12-15-9)8-5-3-2-4-6-8;12-15(13)6-8-10-9(14-11-8)7-4-2-1-3-5-7;6*1-2;/h2-6H,7H2,1H3;1-5H,6H2,(H,12,13);6*1-2H3;. The molecule has 0 saturated heterocycles. The molecule has 0 bridgehead atoms. The van der Waals surface area contributed by atoms with Crippen LogP contribution in [0.4, 0.5) is 0 Å². The van der Waals surface area contributed by atoms with Gasteiger partial charge in [-0.05, 0) is 12.1 Å². The molecule has 249 valence electrons. The second-order valence-corrected chi connectivity index (χ2v) is 8.00. The van der Waals surface area contributed by atoms with Crippen LogP contribution in [-0.4, -0.2) is 40.4 Å². The monoisotopic (exact) mass is 731 g/mol. The van der Waals surface area contributed by atoms with E-state index in [9.17, 15) is 8.42 Å². The maximum atomic E-state index is 11.1. The Morgan fingerprint density at radius 3 is 1.55 bits per heavy atom. The molecule has 2 aromatic heterocycles. The van der Waals surface area contributed by atoms with E-state index in [1.807, 2.05) is 144 Å². The largest absolute Gasteiger partial charge is 0.338 e. The smallest absolute Gasteiger partial charge is 0.257 e. The van der Waals surface area contributed by atoms with Gasteiger partial charge < -0.3 is 13.6 Å². The Morgan fingerprint density at radius 2 is 1.11 bits per heavy atom. The molecule has 2 aromatic carbocycles. The first-order chi connectivity index (χ1) is 21.0. The van der Waals surface area contributed by atoms with Crippen molar-refractivity contribution in [2.45, 2.75) is 94.6 Å². The van der Waals surface area contributed by atoms with Gasteiger partial charge in [0.1, 0.15) is 11.5 Å². The van der Waals surface area contributed by atoms with Crippen LogP contribution in [0.25, 0.3) is 22.8 Å². The number of nitrogens with zero attached hydrogens (tertiary/aromatic N) is 4. The van der Waals surface area contributed by atoms with Crippen LogP contribution in [0.3, 0.4) is 0 Å². The predicted molar refractivity (Wildman–Crippen MR) is 181 cm³/mol. The average molecular weight is 732 g/mol. The molecule has 0 aliphatic heterocycles. The zero-order valence-electron chi connectivity index (χ0n) is 28.9. The fourth-order valence-corrected chi connectivity index (χ4v) is 3.07. The molecule has 0 spiro atoms. The van der Waals surface area contributed by atoms with Crippen molar-refractivity contribution >= 4 is 22.2 Å². The summed E-state index contributed by atoms with van der Waals surface area (Å²) in [5.41, 5.74) is 1.65. The summed E-state index contributed by atoms with van der Waals surface area (Å²) in [7, 11) is 1.37. The molecule has 0 fully saturated rings. The van der Waals surface area contributed by atoms with E-state index in [-0.39, 0.29) is 50.0 Å². The van der Waals surface area contributed by atoms with Crippen molar-refractivity contribution in [1.82, 2.24) is 20.3 Å². The van der Waals surface area contributed by atoms with E-state index in [2.05, 4.69) is 24.5 Å². The molecule has 0 saturated carbocycles. The van der Waals surface area contributed by atoms with Crippen molar-refractivity contribution in [2.24, 2.45) is 0 Å². The van der Waals surface area contributed by atoms with Gasteiger partial charge in [0.25, 0.3) is 5.89 Å². The average Bonchev–Trinajstić information content (AvgIpc) is 3.77. The van der Waals surface area contributed by atoms with Crippen molar-refractivity contribution < 1.29 is 58.9 Å². The van der Waals surface area contributed by atoms with Gasteiger partial charge in [0.15, 0.2) is 28.0 Å². The molecule has 13 heteroatoms. The molecule has 1 radical (unpaired) electrons. The number of rotatable bonds is 7. The maximum Gasteiger partial charge on any atom is 0.257 e. The third-order valence-electron chi connectivity index (χ3n) is 3.67. The Labute approximate surface area is 296 Å². The van der Waals surface area contributed by atoms with E-state index in [1.165, 1.54) is 7.11 Å². The Bertz CT molecular complexity index is 1150. The maximum absolute atomic E-state index is 11.1. The zero-order valence-corrected chi connectivity index (χ0v) is 33.3. The number of benzene rings is 2. The normalized spacial score (nSPS) is 9.68. The Balaban J connectivity index is -0.000000169. The molecular weight excluding hydrogens is 677 g/mol. The number of hydrogen-bond acceptors (Lipinski definition) is 9. The van der Waals surface area contributed by atoms with Gasteiger partial charge in [-0.2, -0.15) is 9.97 Å². The van der Waals surface area contributed by atoms with Crippen LogP contribution in [0.5, 0.6) is 0 Å². The fraction of sp³-hybridized carbons (Fsp3) is 0.484. The summed E-state index contributed by atoms with van der Waals surface area (Å²) in [4.78, 5) is 8.11. The Hall–Kier alpha value is -1.96. The minimum atomic E-state index is -1.94. The minimum Gasteiger partial charge on any atom is -0.338 e. The SMILES string of the molecule is CC.CC.CC.CC.CC.CC.COS(=O)Cc1nc(-c2ccccc2)no1.O=S(O)Cc1noc(-c2ccccc2)n1.[Y]. The van der Waals surface area contributed by atoms with E-state index in [0.717, 1.165) is 11.1 Å². The molecule has 4 rings (SSSR count). The van der Waals surface area contributed by atoms with Gasteiger partial charge in [-0.15, -0.1) is 0 Å². The molecule has 0 aliphatic rings. The van der Waals surface area contributed by atoms with E-state index in [1.54, 1.807) is 0 Å². The van der Waals surface area contributed by atoms with Crippen molar-refractivity contribution in [3.05, 3.63) is 72.4 Å². The van der Waals surface area contributed by atoms with Crippen LogP contribution >= 0.6 is 0 Å². The third-order valence-corrected chi connectivity index (χ3v) is 5.03. The summed E-state index contributed by atoms with van der Waals surface area (Å²) >= 11 is -3.36. The molecule has 2 heterocycles. The minimum absolute atomic E-state index is 0. The van der Waals surface area contributed by atoms with Gasteiger partial charge >= 0.3 is 0 Å². The van der Waals surface area contributed by atoms with Crippen LogP contribution in [0.15, 0.2) is 69.7 Å². The van der Waals surface area contributed by atoms with Gasteiger partial charge in [-0.3, -0.25) is 4.18 Å². The van der Waals surface area contributed by atoms with Crippen molar-refractivity contribution in [3.63, 3.8) is 0 Å².